The van der Waals surface area contributed by atoms with Gasteiger partial charge in [-0.25, -0.2) is 13.1 Å². The molecule has 1 saturated heterocycles. The van der Waals surface area contributed by atoms with Crippen molar-refractivity contribution >= 4 is 21.6 Å². The number of piperidine rings is 1. The van der Waals surface area contributed by atoms with Crippen LogP contribution < -0.4 is 14.8 Å². The summed E-state index contributed by atoms with van der Waals surface area (Å²) in [5.41, 5.74) is 0.697. The van der Waals surface area contributed by atoms with E-state index in [9.17, 15) is 13.2 Å². The van der Waals surface area contributed by atoms with Gasteiger partial charge >= 0.3 is 0 Å². The lowest BCUT2D eigenvalue weighted by Gasteiger charge is -2.31. The standard InChI is InChI=1S/C15H23N3O4S/c1-22-14-5-3-4-13(10-14)16-15(19)11-18-8-6-12(7-9-18)17-23(2,20)21/h3-5,10,12,17H,6-9,11H2,1-2H3,(H,16,19). The summed E-state index contributed by atoms with van der Waals surface area (Å²) in [4.78, 5) is 14.1. The molecule has 0 aliphatic carbocycles. The molecule has 1 amide bonds. The zero-order chi connectivity index (χ0) is 16.9. The maximum Gasteiger partial charge on any atom is 0.238 e. The summed E-state index contributed by atoms with van der Waals surface area (Å²) < 4.78 is 30.2. The fourth-order valence-corrected chi connectivity index (χ4v) is 3.46. The molecule has 0 atom stereocenters. The third-order valence-electron chi connectivity index (χ3n) is 3.69. The SMILES string of the molecule is COc1cccc(NC(=O)CN2CCC(NS(C)(=O)=O)CC2)c1. The van der Waals surface area contributed by atoms with Gasteiger partial charge < -0.3 is 10.1 Å². The van der Waals surface area contributed by atoms with Gasteiger partial charge in [0.15, 0.2) is 0 Å². The average Bonchev–Trinajstić information content (AvgIpc) is 2.48. The first-order valence-electron chi connectivity index (χ1n) is 7.49. The van der Waals surface area contributed by atoms with Gasteiger partial charge in [-0.2, -0.15) is 0 Å². The van der Waals surface area contributed by atoms with Gasteiger partial charge in [-0.3, -0.25) is 9.69 Å². The van der Waals surface area contributed by atoms with Crippen molar-refractivity contribution in [3.05, 3.63) is 24.3 Å². The summed E-state index contributed by atoms with van der Waals surface area (Å²) in [7, 11) is -1.59. The van der Waals surface area contributed by atoms with Gasteiger partial charge in [0, 0.05) is 30.9 Å². The first-order chi connectivity index (χ1) is 10.9. The number of carbonyl (C=O) groups is 1. The summed E-state index contributed by atoms with van der Waals surface area (Å²) in [5, 5.41) is 2.84. The van der Waals surface area contributed by atoms with Crippen LogP contribution in [0, 0.1) is 0 Å². The Labute approximate surface area is 137 Å². The molecule has 8 heteroatoms. The Balaban J connectivity index is 1.78. The summed E-state index contributed by atoms with van der Waals surface area (Å²) in [6, 6.07) is 7.16. The Morgan fingerprint density at radius 3 is 2.65 bits per heavy atom. The minimum Gasteiger partial charge on any atom is -0.497 e. The van der Waals surface area contributed by atoms with Crippen molar-refractivity contribution in [2.75, 3.05) is 38.3 Å². The van der Waals surface area contributed by atoms with E-state index >= 15 is 0 Å². The Hall–Kier alpha value is -1.64. The van der Waals surface area contributed by atoms with Gasteiger partial charge in [0.1, 0.15) is 5.75 Å². The third kappa shape index (κ3) is 6.17. The molecule has 2 rings (SSSR count). The molecule has 23 heavy (non-hydrogen) atoms. The Kier molecular flexibility index (Phi) is 5.97. The number of sulfonamides is 1. The number of anilines is 1. The molecular formula is C15H23N3O4S. The molecule has 1 aliphatic heterocycles. The summed E-state index contributed by atoms with van der Waals surface area (Å²) in [6.07, 6.45) is 2.58. The smallest absolute Gasteiger partial charge is 0.238 e. The van der Waals surface area contributed by atoms with Crippen LogP contribution >= 0.6 is 0 Å². The molecule has 1 fully saturated rings. The van der Waals surface area contributed by atoms with E-state index in [0.29, 0.717) is 43.9 Å². The quantitative estimate of drug-likeness (QED) is 0.793. The Morgan fingerprint density at radius 2 is 2.04 bits per heavy atom. The molecule has 0 spiro atoms. The number of rotatable bonds is 6. The summed E-state index contributed by atoms with van der Waals surface area (Å²) in [5.74, 6) is 0.600. The highest BCUT2D eigenvalue weighted by Gasteiger charge is 2.22. The van der Waals surface area contributed by atoms with E-state index in [4.69, 9.17) is 4.74 Å². The molecular weight excluding hydrogens is 318 g/mol. The lowest BCUT2D eigenvalue weighted by Crippen LogP contribution is -2.46. The largest absolute Gasteiger partial charge is 0.497 e. The lowest BCUT2D eigenvalue weighted by molar-refractivity contribution is -0.117. The first kappa shape index (κ1) is 17.7. The normalized spacial score (nSPS) is 17.0. The van der Waals surface area contributed by atoms with Crippen molar-refractivity contribution < 1.29 is 17.9 Å². The van der Waals surface area contributed by atoms with E-state index in [2.05, 4.69) is 10.0 Å². The highest BCUT2D eigenvalue weighted by molar-refractivity contribution is 7.88. The van der Waals surface area contributed by atoms with Crippen LogP contribution in [0.3, 0.4) is 0 Å². The van der Waals surface area contributed by atoms with E-state index in [1.165, 1.54) is 6.26 Å². The second-order valence-corrected chi connectivity index (χ2v) is 7.50. The van der Waals surface area contributed by atoms with Crippen LogP contribution in [-0.2, 0) is 14.8 Å². The zero-order valence-electron chi connectivity index (χ0n) is 13.4. The topological polar surface area (TPSA) is 87.7 Å². The maximum atomic E-state index is 12.1. The van der Waals surface area contributed by atoms with Crippen LogP contribution in [0.25, 0.3) is 0 Å². The third-order valence-corrected chi connectivity index (χ3v) is 4.45. The van der Waals surface area contributed by atoms with E-state index in [0.717, 1.165) is 0 Å². The number of ether oxygens (including phenoxy) is 1. The van der Waals surface area contributed by atoms with E-state index in [1.54, 1.807) is 13.2 Å². The number of benzene rings is 1. The molecule has 0 radical (unpaired) electrons. The van der Waals surface area contributed by atoms with Crippen LogP contribution in [-0.4, -0.2) is 58.3 Å². The fraction of sp³-hybridized carbons (Fsp3) is 0.533. The van der Waals surface area contributed by atoms with Crippen LogP contribution in [0.4, 0.5) is 5.69 Å². The highest BCUT2D eigenvalue weighted by Crippen LogP contribution is 2.17. The first-order valence-corrected chi connectivity index (χ1v) is 9.38. The number of nitrogens with zero attached hydrogens (tertiary/aromatic N) is 1. The van der Waals surface area contributed by atoms with Crippen molar-refractivity contribution in [1.82, 2.24) is 9.62 Å². The molecule has 0 saturated carbocycles. The average molecular weight is 341 g/mol. The molecule has 1 heterocycles. The van der Waals surface area contributed by atoms with Gasteiger partial charge in [-0.05, 0) is 25.0 Å². The van der Waals surface area contributed by atoms with Gasteiger partial charge in [0.05, 0.1) is 19.9 Å². The van der Waals surface area contributed by atoms with Crippen molar-refractivity contribution in [2.45, 2.75) is 18.9 Å². The molecule has 2 N–H and O–H groups in total. The van der Waals surface area contributed by atoms with Crippen molar-refractivity contribution in [1.29, 1.82) is 0 Å². The predicted octanol–water partition coefficient (Wildman–Crippen LogP) is 0.647. The number of methoxy groups -OCH3 is 1. The van der Waals surface area contributed by atoms with Crippen LogP contribution in [0.2, 0.25) is 0 Å². The molecule has 0 aromatic heterocycles. The van der Waals surface area contributed by atoms with Crippen LogP contribution in [0.5, 0.6) is 5.75 Å². The van der Waals surface area contributed by atoms with Crippen LogP contribution in [0.1, 0.15) is 12.8 Å². The highest BCUT2D eigenvalue weighted by atomic mass is 32.2. The predicted molar refractivity (Wildman–Crippen MR) is 89.1 cm³/mol. The van der Waals surface area contributed by atoms with Gasteiger partial charge in [0.2, 0.25) is 15.9 Å². The number of hydrogen-bond acceptors (Lipinski definition) is 5. The fourth-order valence-electron chi connectivity index (χ4n) is 2.62. The number of hydrogen-bond donors (Lipinski definition) is 2. The number of carbonyl (C=O) groups excluding carboxylic acids is 1. The number of likely N-dealkylation sites (tertiary alicyclic amines) is 1. The van der Waals surface area contributed by atoms with E-state index in [1.807, 2.05) is 23.1 Å². The molecule has 0 unspecified atom stereocenters. The molecule has 0 bridgehead atoms. The van der Waals surface area contributed by atoms with Gasteiger partial charge in [-0.1, -0.05) is 6.07 Å². The number of amides is 1. The van der Waals surface area contributed by atoms with Crippen LogP contribution in [0.15, 0.2) is 24.3 Å². The summed E-state index contributed by atoms with van der Waals surface area (Å²) in [6.45, 7) is 1.68. The van der Waals surface area contributed by atoms with E-state index in [-0.39, 0.29) is 11.9 Å². The summed E-state index contributed by atoms with van der Waals surface area (Å²) >= 11 is 0. The van der Waals surface area contributed by atoms with Crippen molar-refractivity contribution in [2.24, 2.45) is 0 Å². The lowest BCUT2D eigenvalue weighted by atomic mass is 10.1. The van der Waals surface area contributed by atoms with Crippen molar-refractivity contribution in [3.8, 4) is 5.75 Å². The maximum absolute atomic E-state index is 12.1. The Bertz CT molecular complexity index is 640. The molecule has 1 aromatic carbocycles. The minimum absolute atomic E-state index is 0.0392. The Morgan fingerprint density at radius 1 is 1.35 bits per heavy atom. The van der Waals surface area contributed by atoms with Gasteiger partial charge in [-0.15, -0.1) is 0 Å². The second kappa shape index (κ2) is 7.76. The molecule has 1 aromatic rings. The molecule has 128 valence electrons. The van der Waals surface area contributed by atoms with E-state index < -0.39 is 10.0 Å². The molecule has 7 nitrogen and oxygen atoms in total. The van der Waals surface area contributed by atoms with Crippen molar-refractivity contribution in [3.63, 3.8) is 0 Å². The zero-order valence-corrected chi connectivity index (χ0v) is 14.2. The minimum atomic E-state index is -3.17. The monoisotopic (exact) mass is 341 g/mol. The van der Waals surface area contributed by atoms with Gasteiger partial charge in [0.25, 0.3) is 0 Å². The molecule has 1 aliphatic rings. The second-order valence-electron chi connectivity index (χ2n) is 5.72. The number of nitrogens with one attached hydrogen (secondary N) is 2.